The van der Waals surface area contributed by atoms with Crippen molar-refractivity contribution in [3.63, 3.8) is 0 Å². The molecule has 20 heavy (non-hydrogen) atoms. The molecule has 1 unspecified atom stereocenters. The minimum atomic E-state index is -0.729. The Morgan fingerprint density at radius 1 is 1.00 bits per heavy atom. The molecule has 1 saturated heterocycles. The van der Waals surface area contributed by atoms with Crippen LogP contribution in [0.25, 0.3) is 0 Å². The lowest BCUT2D eigenvalue weighted by Gasteiger charge is -2.44. The number of carbonyl (C=O) groups is 1. The quantitative estimate of drug-likeness (QED) is 0.926. The maximum atomic E-state index is 11.3. The van der Waals surface area contributed by atoms with Crippen LogP contribution in [0, 0.1) is 0 Å². The van der Waals surface area contributed by atoms with Crippen LogP contribution < -0.4 is 0 Å². The van der Waals surface area contributed by atoms with E-state index in [1.54, 1.807) is 0 Å². The van der Waals surface area contributed by atoms with E-state index in [1.165, 1.54) is 0 Å². The van der Waals surface area contributed by atoms with Crippen LogP contribution in [0.5, 0.6) is 0 Å². The van der Waals surface area contributed by atoms with E-state index >= 15 is 0 Å². The standard InChI is InChI=1S/C17H17NO2/c19-17(20)15-11-12-18(15)16(13-7-3-1-4-8-13)14-9-5-2-6-10-14/h1-10,15-16H,11-12H2,(H,19,20). The average molecular weight is 267 g/mol. The number of benzene rings is 2. The van der Waals surface area contributed by atoms with Crippen LogP contribution in [0.15, 0.2) is 60.7 Å². The summed E-state index contributed by atoms with van der Waals surface area (Å²) in [4.78, 5) is 13.4. The number of hydrogen-bond acceptors (Lipinski definition) is 2. The third kappa shape index (κ3) is 2.32. The van der Waals surface area contributed by atoms with Crippen LogP contribution in [0.3, 0.4) is 0 Å². The fourth-order valence-electron chi connectivity index (χ4n) is 2.83. The number of likely N-dealkylation sites (tertiary alicyclic amines) is 1. The van der Waals surface area contributed by atoms with E-state index in [-0.39, 0.29) is 12.1 Å². The van der Waals surface area contributed by atoms with E-state index < -0.39 is 5.97 Å². The molecule has 0 bridgehead atoms. The van der Waals surface area contributed by atoms with E-state index in [1.807, 2.05) is 36.4 Å². The Kier molecular flexibility index (Phi) is 3.52. The first-order chi connectivity index (χ1) is 9.77. The Morgan fingerprint density at radius 2 is 1.50 bits per heavy atom. The first-order valence-electron chi connectivity index (χ1n) is 6.86. The van der Waals surface area contributed by atoms with Gasteiger partial charge in [0.1, 0.15) is 6.04 Å². The largest absolute Gasteiger partial charge is 0.480 e. The van der Waals surface area contributed by atoms with Crippen molar-refractivity contribution in [3.8, 4) is 0 Å². The summed E-state index contributed by atoms with van der Waals surface area (Å²) < 4.78 is 0. The van der Waals surface area contributed by atoms with E-state index in [9.17, 15) is 9.90 Å². The second-order valence-corrected chi connectivity index (χ2v) is 5.10. The lowest BCUT2D eigenvalue weighted by atomic mass is 9.91. The topological polar surface area (TPSA) is 40.5 Å². The number of rotatable bonds is 4. The first-order valence-corrected chi connectivity index (χ1v) is 6.86. The number of hydrogen-bond donors (Lipinski definition) is 1. The van der Waals surface area contributed by atoms with E-state index in [0.717, 1.165) is 24.1 Å². The fourth-order valence-corrected chi connectivity index (χ4v) is 2.83. The fraction of sp³-hybridized carbons (Fsp3) is 0.235. The second-order valence-electron chi connectivity index (χ2n) is 5.10. The van der Waals surface area contributed by atoms with Gasteiger partial charge in [0.15, 0.2) is 0 Å². The number of carboxylic acid groups (broad SMARTS) is 1. The van der Waals surface area contributed by atoms with Crippen LogP contribution in [-0.4, -0.2) is 28.6 Å². The number of nitrogens with zero attached hydrogens (tertiary/aromatic N) is 1. The van der Waals surface area contributed by atoms with Gasteiger partial charge < -0.3 is 5.11 Å². The number of aliphatic carboxylic acids is 1. The highest BCUT2D eigenvalue weighted by Gasteiger charge is 2.39. The summed E-state index contributed by atoms with van der Waals surface area (Å²) in [5.74, 6) is -0.729. The van der Waals surface area contributed by atoms with Crippen molar-refractivity contribution in [2.45, 2.75) is 18.5 Å². The lowest BCUT2D eigenvalue weighted by Crippen LogP contribution is -2.53. The molecule has 1 aliphatic heterocycles. The summed E-state index contributed by atoms with van der Waals surface area (Å²) >= 11 is 0. The third-order valence-corrected chi connectivity index (χ3v) is 3.91. The zero-order valence-electron chi connectivity index (χ0n) is 11.1. The first kappa shape index (κ1) is 12.9. The predicted molar refractivity (Wildman–Crippen MR) is 77.5 cm³/mol. The normalized spacial score (nSPS) is 18.8. The van der Waals surface area contributed by atoms with Gasteiger partial charge in [0.25, 0.3) is 0 Å². The van der Waals surface area contributed by atoms with Gasteiger partial charge in [-0.05, 0) is 17.5 Å². The Balaban J connectivity index is 1.99. The van der Waals surface area contributed by atoms with Gasteiger partial charge in [-0.15, -0.1) is 0 Å². The van der Waals surface area contributed by atoms with Crippen LogP contribution in [-0.2, 0) is 4.79 Å². The molecule has 3 heteroatoms. The second kappa shape index (κ2) is 5.47. The highest BCUT2D eigenvalue weighted by atomic mass is 16.4. The maximum absolute atomic E-state index is 11.3. The molecule has 0 aromatic heterocycles. The summed E-state index contributed by atoms with van der Waals surface area (Å²) in [5.41, 5.74) is 2.29. The van der Waals surface area contributed by atoms with Crippen molar-refractivity contribution >= 4 is 5.97 Å². The van der Waals surface area contributed by atoms with Gasteiger partial charge in [-0.3, -0.25) is 9.69 Å². The van der Waals surface area contributed by atoms with Crippen LogP contribution in [0.4, 0.5) is 0 Å². The monoisotopic (exact) mass is 267 g/mol. The summed E-state index contributed by atoms with van der Waals surface area (Å²) in [7, 11) is 0. The molecule has 1 aliphatic rings. The van der Waals surface area contributed by atoms with Crippen molar-refractivity contribution in [2.75, 3.05) is 6.54 Å². The molecule has 1 atom stereocenters. The molecule has 3 nitrogen and oxygen atoms in total. The summed E-state index contributed by atoms with van der Waals surface area (Å²) in [6, 6.07) is 19.9. The Hall–Kier alpha value is -2.13. The van der Waals surface area contributed by atoms with Gasteiger partial charge in [0.2, 0.25) is 0 Å². The SMILES string of the molecule is O=C(O)C1CCN1C(c1ccccc1)c1ccccc1. The van der Waals surface area contributed by atoms with Crippen molar-refractivity contribution in [1.82, 2.24) is 4.90 Å². The van der Waals surface area contributed by atoms with Gasteiger partial charge >= 0.3 is 5.97 Å². The highest BCUT2D eigenvalue weighted by molar-refractivity contribution is 5.74. The van der Waals surface area contributed by atoms with Crippen molar-refractivity contribution in [3.05, 3.63) is 71.8 Å². The van der Waals surface area contributed by atoms with Crippen LogP contribution in [0.2, 0.25) is 0 Å². The zero-order valence-corrected chi connectivity index (χ0v) is 11.1. The van der Waals surface area contributed by atoms with Crippen molar-refractivity contribution < 1.29 is 9.90 Å². The number of carboxylic acids is 1. The highest BCUT2D eigenvalue weighted by Crippen LogP contribution is 2.35. The molecule has 2 aromatic carbocycles. The predicted octanol–water partition coefficient (Wildman–Crippen LogP) is 2.93. The van der Waals surface area contributed by atoms with Gasteiger partial charge in [-0.1, -0.05) is 60.7 Å². The Morgan fingerprint density at radius 3 is 1.85 bits per heavy atom. The molecule has 0 radical (unpaired) electrons. The van der Waals surface area contributed by atoms with E-state index in [4.69, 9.17) is 0 Å². The molecule has 3 rings (SSSR count). The van der Waals surface area contributed by atoms with Crippen LogP contribution >= 0.6 is 0 Å². The molecule has 0 amide bonds. The minimum Gasteiger partial charge on any atom is -0.480 e. The van der Waals surface area contributed by atoms with Gasteiger partial charge in [0.05, 0.1) is 6.04 Å². The summed E-state index contributed by atoms with van der Waals surface area (Å²) in [6.07, 6.45) is 0.728. The molecule has 2 aromatic rings. The molecule has 0 aliphatic carbocycles. The van der Waals surface area contributed by atoms with Gasteiger partial charge in [-0.2, -0.15) is 0 Å². The molecule has 1 heterocycles. The van der Waals surface area contributed by atoms with Gasteiger partial charge in [0, 0.05) is 6.54 Å². The van der Waals surface area contributed by atoms with Gasteiger partial charge in [-0.25, -0.2) is 0 Å². The third-order valence-electron chi connectivity index (χ3n) is 3.91. The maximum Gasteiger partial charge on any atom is 0.320 e. The average Bonchev–Trinajstić information content (AvgIpc) is 2.44. The smallest absolute Gasteiger partial charge is 0.320 e. The summed E-state index contributed by atoms with van der Waals surface area (Å²) in [5, 5.41) is 9.30. The molecular formula is C17H17NO2. The Labute approximate surface area is 118 Å². The molecule has 0 spiro atoms. The van der Waals surface area contributed by atoms with E-state index in [0.29, 0.717) is 0 Å². The molecule has 1 fully saturated rings. The zero-order chi connectivity index (χ0) is 13.9. The molecule has 102 valence electrons. The van der Waals surface area contributed by atoms with E-state index in [2.05, 4.69) is 29.2 Å². The lowest BCUT2D eigenvalue weighted by molar-refractivity contribution is -0.149. The minimum absolute atomic E-state index is 0.0206. The molecular weight excluding hydrogens is 250 g/mol. The van der Waals surface area contributed by atoms with Crippen molar-refractivity contribution in [2.24, 2.45) is 0 Å². The molecule has 1 N–H and O–H groups in total. The van der Waals surface area contributed by atoms with Crippen molar-refractivity contribution in [1.29, 1.82) is 0 Å². The Bertz CT molecular complexity index is 543. The van der Waals surface area contributed by atoms with Crippen LogP contribution in [0.1, 0.15) is 23.6 Å². The molecule has 0 saturated carbocycles. The summed E-state index contributed by atoms with van der Waals surface area (Å²) in [6.45, 7) is 0.825.